The molecule has 0 radical (unpaired) electrons. The Morgan fingerprint density at radius 1 is 1.44 bits per heavy atom. The third kappa shape index (κ3) is 2.67. The van der Waals surface area contributed by atoms with Crippen molar-refractivity contribution in [1.82, 2.24) is 0 Å². The lowest BCUT2D eigenvalue weighted by atomic mass is 9.81. The Balaban J connectivity index is 2.31. The Morgan fingerprint density at radius 3 is 2.67 bits per heavy atom. The smallest absolute Gasteiger partial charge is 0.311 e. The predicted octanol–water partition coefficient (Wildman–Crippen LogP) is 1.77. The molecule has 6 heteroatoms. The summed E-state index contributed by atoms with van der Waals surface area (Å²) in [6.45, 7) is 0. The maximum atomic E-state index is 11.5. The van der Waals surface area contributed by atoms with Crippen LogP contribution >= 0.6 is 11.6 Å². The minimum Gasteiger partial charge on any atom is -0.481 e. The molecule has 0 amide bonds. The molecule has 0 spiro atoms. The third-order valence-electron chi connectivity index (χ3n) is 3.27. The fourth-order valence-corrected chi connectivity index (χ4v) is 4.61. The number of carboxylic acids is 1. The normalized spacial score (nSPS) is 26.1. The Bertz CT molecular complexity index is 581. The van der Waals surface area contributed by atoms with Crippen molar-refractivity contribution in [3.63, 3.8) is 0 Å². The summed E-state index contributed by atoms with van der Waals surface area (Å²) >= 11 is 5.85. The highest BCUT2D eigenvalue weighted by Crippen LogP contribution is 2.36. The third-order valence-corrected chi connectivity index (χ3v) is 5.33. The first-order chi connectivity index (χ1) is 8.33. The van der Waals surface area contributed by atoms with Crippen LogP contribution in [0.3, 0.4) is 0 Å². The van der Waals surface area contributed by atoms with Gasteiger partial charge in [0.1, 0.15) is 0 Å². The predicted molar refractivity (Wildman–Crippen MR) is 68.5 cm³/mol. The molecule has 0 aliphatic carbocycles. The van der Waals surface area contributed by atoms with E-state index < -0.39 is 21.2 Å². The average molecular weight is 289 g/mol. The SMILES string of the molecule is O=C(O)C1(Cc2cccc(Cl)c2)CCS(=O)(=O)C1. The van der Waals surface area contributed by atoms with Crippen LogP contribution in [-0.4, -0.2) is 31.0 Å². The van der Waals surface area contributed by atoms with Crippen molar-refractivity contribution in [3.8, 4) is 0 Å². The molecule has 1 heterocycles. The van der Waals surface area contributed by atoms with Gasteiger partial charge in [-0.15, -0.1) is 0 Å². The second kappa shape index (κ2) is 4.55. The lowest BCUT2D eigenvalue weighted by molar-refractivity contribution is -0.147. The van der Waals surface area contributed by atoms with E-state index in [1.807, 2.05) is 0 Å². The molecule has 1 fully saturated rings. The Labute approximate surface area is 110 Å². The van der Waals surface area contributed by atoms with E-state index in [0.29, 0.717) is 5.02 Å². The van der Waals surface area contributed by atoms with Crippen LogP contribution in [0.4, 0.5) is 0 Å². The van der Waals surface area contributed by atoms with Gasteiger partial charge in [0.2, 0.25) is 0 Å². The Kier molecular flexibility index (Phi) is 3.38. The molecule has 1 aliphatic rings. The van der Waals surface area contributed by atoms with Crippen molar-refractivity contribution in [2.45, 2.75) is 12.8 Å². The van der Waals surface area contributed by atoms with Crippen LogP contribution < -0.4 is 0 Å². The molecule has 0 aromatic heterocycles. The van der Waals surface area contributed by atoms with E-state index in [0.717, 1.165) is 5.56 Å². The van der Waals surface area contributed by atoms with E-state index >= 15 is 0 Å². The average Bonchev–Trinajstić information content (AvgIpc) is 2.55. The van der Waals surface area contributed by atoms with Crippen molar-refractivity contribution in [2.75, 3.05) is 11.5 Å². The number of rotatable bonds is 3. The molecule has 1 unspecified atom stereocenters. The summed E-state index contributed by atoms with van der Waals surface area (Å²) < 4.78 is 23.0. The van der Waals surface area contributed by atoms with Gasteiger partial charge in [0.25, 0.3) is 0 Å². The van der Waals surface area contributed by atoms with Gasteiger partial charge in [-0.05, 0) is 30.5 Å². The maximum absolute atomic E-state index is 11.5. The van der Waals surface area contributed by atoms with Crippen LogP contribution in [0.15, 0.2) is 24.3 Å². The number of carboxylic acid groups (broad SMARTS) is 1. The molecule has 1 atom stereocenters. The number of benzene rings is 1. The van der Waals surface area contributed by atoms with Crippen molar-refractivity contribution in [1.29, 1.82) is 0 Å². The molecule has 0 bridgehead atoms. The van der Waals surface area contributed by atoms with Crippen molar-refractivity contribution >= 4 is 27.4 Å². The lowest BCUT2D eigenvalue weighted by Gasteiger charge is -2.22. The van der Waals surface area contributed by atoms with Crippen LogP contribution in [-0.2, 0) is 21.1 Å². The molecule has 0 saturated carbocycles. The zero-order valence-corrected chi connectivity index (χ0v) is 11.2. The molecule has 4 nitrogen and oxygen atoms in total. The molecule has 1 saturated heterocycles. The largest absolute Gasteiger partial charge is 0.481 e. The fraction of sp³-hybridized carbons (Fsp3) is 0.417. The van der Waals surface area contributed by atoms with Gasteiger partial charge in [-0.25, -0.2) is 8.42 Å². The molecule has 1 N–H and O–H groups in total. The van der Waals surface area contributed by atoms with E-state index in [1.54, 1.807) is 24.3 Å². The quantitative estimate of drug-likeness (QED) is 0.920. The second-order valence-electron chi connectivity index (χ2n) is 4.73. The molecule has 2 rings (SSSR count). The van der Waals surface area contributed by atoms with E-state index in [-0.39, 0.29) is 24.3 Å². The van der Waals surface area contributed by atoms with Gasteiger partial charge < -0.3 is 5.11 Å². The van der Waals surface area contributed by atoms with Crippen molar-refractivity contribution in [3.05, 3.63) is 34.9 Å². The van der Waals surface area contributed by atoms with Crippen molar-refractivity contribution < 1.29 is 18.3 Å². The topological polar surface area (TPSA) is 71.4 Å². The number of halogens is 1. The molecule has 1 aromatic rings. The summed E-state index contributed by atoms with van der Waals surface area (Å²) in [6, 6.07) is 6.87. The van der Waals surface area contributed by atoms with Gasteiger partial charge >= 0.3 is 5.97 Å². The van der Waals surface area contributed by atoms with E-state index in [9.17, 15) is 18.3 Å². The minimum absolute atomic E-state index is 0.0557. The molecule has 98 valence electrons. The van der Waals surface area contributed by atoms with E-state index in [4.69, 9.17) is 11.6 Å². The van der Waals surface area contributed by atoms with Gasteiger partial charge in [0.05, 0.1) is 16.9 Å². The van der Waals surface area contributed by atoms with Gasteiger partial charge in [-0.3, -0.25) is 4.79 Å². The summed E-state index contributed by atoms with van der Waals surface area (Å²) in [6.07, 6.45) is 0.360. The monoisotopic (exact) mass is 288 g/mol. The number of aliphatic carboxylic acids is 1. The van der Waals surface area contributed by atoms with Crippen LogP contribution in [0.5, 0.6) is 0 Å². The van der Waals surface area contributed by atoms with Gasteiger partial charge in [0, 0.05) is 5.02 Å². The number of sulfone groups is 1. The first-order valence-corrected chi connectivity index (χ1v) is 7.71. The standard InChI is InChI=1S/C12H13ClO4S/c13-10-3-1-2-9(6-10)7-12(11(14)15)4-5-18(16,17)8-12/h1-3,6H,4-5,7-8H2,(H,14,15). The van der Waals surface area contributed by atoms with E-state index in [1.165, 1.54) is 0 Å². The highest BCUT2D eigenvalue weighted by atomic mass is 35.5. The van der Waals surface area contributed by atoms with Gasteiger partial charge in [0.15, 0.2) is 9.84 Å². The van der Waals surface area contributed by atoms with E-state index in [2.05, 4.69) is 0 Å². The minimum atomic E-state index is -3.24. The fourth-order valence-electron chi connectivity index (χ4n) is 2.34. The molecule has 1 aliphatic heterocycles. The van der Waals surface area contributed by atoms with Crippen LogP contribution in [0.2, 0.25) is 5.02 Å². The Morgan fingerprint density at radius 2 is 2.17 bits per heavy atom. The van der Waals surface area contributed by atoms with Crippen LogP contribution in [0, 0.1) is 5.41 Å². The van der Waals surface area contributed by atoms with Crippen LogP contribution in [0.25, 0.3) is 0 Å². The second-order valence-corrected chi connectivity index (χ2v) is 7.35. The summed E-state index contributed by atoms with van der Waals surface area (Å²) in [7, 11) is -3.24. The number of carbonyl (C=O) groups is 1. The van der Waals surface area contributed by atoms with Crippen molar-refractivity contribution in [2.24, 2.45) is 5.41 Å². The molecule has 1 aromatic carbocycles. The van der Waals surface area contributed by atoms with Gasteiger partial charge in [-0.2, -0.15) is 0 Å². The summed E-state index contributed by atoms with van der Waals surface area (Å²) in [4.78, 5) is 11.4. The van der Waals surface area contributed by atoms with Gasteiger partial charge in [-0.1, -0.05) is 23.7 Å². The van der Waals surface area contributed by atoms with Crippen LogP contribution in [0.1, 0.15) is 12.0 Å². The Hall–Kier alpha value is -1.07. The molecule has 18 heavy (non-hydrogen) atoms. The number of hydrogen-bond donors (Lipinski definition) is 1. The lowest BCUT2D eigenvalue weighted by Crippen LogP contribution is -2.34. The highest BCUT2D eigenvalue weighted by molar-refractivity contribution is 7.91. The molecular formula is C12H13ClO4S. The molecular weight excluding hydrogens is 276 g/mol. The highest BCUT2D eigenvalue weighted by Gasteiger charge is 2.48. The summed E-state index contributed by atoms with van der Waals surface area (Å²) in [5, 5.41) is 9.85. The zero-order chi connectivity index (χ0) is 13.4. The zero-order valence-electron chi connectivity index (χ0n) is 9.60. The first-order valence-electron chi connectivity index (χ1n) is 5.51. The maximum Gasteiger partial charge on any atom is 0.311 e. The summed E-state index contributed by atoms with van der Waals surface area (Å²) in [5.41, 5.74) is -0.453. The number of hydrogen-bond acceptors (Lipinski definition) is 3. The summed E-state index contributed by atoms with van der Waals surface area (Å²) in [5.74, 6) is -1.40. The first kappa shape index (κ1) is 13.4.